The van der Waals surface area contributed by atoms with Gasteiger partial charge in [-0.3, -0.25) is 14.6 Å². The van der Waals surface area contributed by atoms with Gasteiger partial charge in [0, 0.05) is 48.2 Å². The molecule has 8 nitrogen and oxygen atoms in total. The quantitative estimate of drug-likeness (QED) is 0.175. The first kappa shape index (κ1) is 29.4. The minimum Gasteiger partial charge on any atom is -0.491 e. The molecule has 0 fully saturated rings. The van der Waals surface area contributed by atoms with Crippen molar-refractivity contribution in [3.63, 3.8) is 0 Å². The molecule has 5 aromatic rings. The molecule has 220 valence electrons. The third kappa shape index (κ3) is 5.81. The Morgan fingerprint density at radius 2 is 1.77 bits per heavy atom. The number of rotatable bonds is 9. The molecule has 0 aliphatic rings. The molecule has 0 saturated carbocycles. The molecule has 5 rings (SSSR count). The number of halogens is 2. The van der Waals surface area contributed by atoms with Crippen LogP contribution in [0.1, 0.15) is 41.5 Å². The Morgan fingerprint density at radius 3 is 2.44 bits per heavy atom. The standard InChI is InChI=1S/C33H29F2N3O5/c1-18(2)38-17-23(32(40)30(19(38)3)21-7-6-8-22(34)15-21)26(39)14-20-9-10-27(24(35)13-20)43-28-11-12-36-25-16-29(41-4)33(42-5)37-31(25)28/h6-13,15-18H,14H2,1-5H3. The zero-order valence-electron chi connectivity index (χ0n) is 24.3. The molecule has 0 spiro atoms. The highest BCUT2D eigenvalue weighted by Crippen LogP contribution is 2.35. The third-order valence-electron chi connectivity index (χ3n) is 7.06. The number of aromatic nitrogens is 3. The van der Waals surface area contributed by atoms with Gasteiger partial charge in [-0.25, -0.2) is 13.8 Å². The van der Waals surface area contributed by atoms with E-state index in [0.717, 1.165) is 0 Å². The number of hydrogen-bond acceptors (Lipinski definition) is 7. The second kappa shape index (κ2) is 12.0. The topological polar surface area (TPSA) is 92.5 Å². The highest BCUT2D eigenvalue weighted by Gasteiger charge is 2.22. The minimum atomic E-state index is -0.709. The minimum absolute atomic E-state index is 0.0574. The summed E-state index contributed by atoms with van der Waals surface area (Å²) >= 11 is 0. The highest BCUT2D eigenvalue weighted by atomic mass is 19.1. The van der Waals surface area contributed by atoms with Gasteiger partial charge in [0.2, 0.25) is 0 Å². The Labute approximate surface area is 246 Å². The summed E-state index contributed by atoms with van der Waals surface area (Å²) in [4.78, 5) is 35.7. The maximum atomic E-state index is 15.3. The molecule has 0 atom stereocenters. The summed E-state index contributed by atoms with van der Waals surface area (Å²) in [6.07, 6.45) is 2.79. The van der Waals surface area contributed by atoms with Crippen molar-refractivity contribution >= 4 is 16.8 Å². The van der Waals surface area contributed by atoms with Gasteiger partial charge in [0.25, 0.3) is 5.88 Å². The van der Waals surface area contributed by atoms with E-state index < -0.39 is 22.8 Å². The molecule has 0 aliphatic carbocycles. The summed E-state index contributed by atoms with van der Waals surface area (Å²) in [6, 6.07) is 13.0. The molecule has 3 heterocycles. The third-order valence-corrected chi connectivity index (χ3v) is 7.06. The van der Waals surface area contributed by atoms with Gasteiger partial charge < -0.3 is 18.8 Å². The molecule has 0 radical (unpaired) electrons. The lowest BCUT2D eigenvalue weighted by Crippen LogP contribution is -2.24. The zero-order valence-corrected chi connectivity index (χ0v) is 24.3. The van der Waals surface area contributed by atoms with Crippen molar-refractivity contribution in [1.29, 1.82) is 0 Å². The molecular formula is C33H29F2N3O5. The number of Topliss-reactive ketones (excluding diaryl/α,β-unsaturated/α-hetero) is 1. The highest BCUT2D eigenvalue weighted by molar-refractivity contribution is 5.98. The predicted molar refractivity (Wildman–Crippen MR) is 158 cm³/mol. The molecule has 0 unspecified atom stereocenters. The molecule has 10 heteroatoms. The van der Waals surface area contributed by atoms with Crippen LogP contribution in [0.2, 0.25) is 0 Å². The Hall–Kier alpha value is -5.12. The van der Waals surface area contributed by atoms with Crippen molar-refractivity contribution in [3.8, 4) is 34.3 Å². The van der Waals surface area contributed by atoms with Crippen LogP contribution in [0.25, 0.3) is 22.2 Å². The number of ether oxygens (including phenoxy) is 3. The molecule has 0 saturated heterocycles. The Morgan fingerprint density at radius 1 is 0.977 bits per heavy atom. The first-order valence-electron chi connectivity index (χ1n) is 13.5. The lowest BCUT2D eigenvalue weighted by atomic mass is 9.97. The van der Waals surface area contributed by atoms with Crippen LogP contribution in [-0.4, -0.2) is 34.5 Å². The van der Waals surface area contributed by atoms with Crippen LogP contribution in [0.4, 0.5) is 8.78 Å². The largest absolute Gasteiger partial charge is 0.491 e. The van der Waals surface area contributed by atoms with Gasteiger partial charge in [-0.05, 0) is 56.2 Å². The number of carbonyl (C=O) groups is 1. The fraction of sp³-hybridized carbons (Fsp3) is 0.212. The van der Waals surface area contributed by atoms with Gasteiger partial charge in [0.05, 0.1) is 25.3 Å². The molecule has 0 N–H and O–H groups in total. The van der Waals surface area contributed by atoms with Crippen LogP contribution < -0.4 is 19.6 Å². The fourth-order valence-electron chi connectivity index (χ4n) is 4.96. The Balaban J connectivity index is 1.45. The number of hydrogen-bond donors (Lipinski definition) is 0. The molecule has 43 heavy (non-hydrogen) atoms. The summed E-state index contributed by atoms with van der Waals surface area (Å²) < 4.78 is 47.5. The van der Waals surface area contributed by atoms with E-state index in [0.29, 0.717) is 33.6 Å². The maximum Gasteiger partial charge on any atom is 0.257 e. The lowest BCUT2D eigenvalue weighted by molar-refractivity contribution is 0.0991. The van der Waals surface area contributed by atoms with Gasteiger partial charge in [-0.1, -0.05) is 18.2 Å². The zero-order chi connectivity index (χ0) is 30.8. The molecule has 2 aromatic carbocycles. The van der Waals surface area contributed by atoms with Crippen LogP contribution in [0.15, 0.2) is 71.8 Å². The van der Waals surface area contributed by atoms with Gasteiger partial charge in [0.1, 0.15) is 11.3 Å². The summed E-state index contributed by atoms with van der Waals surface area (Å²) in [7, 11) is 2.93. The second-order valence-electron chi connectivity index (χ2n) is 10.2. The average Bonchev–Trinajstić information content (AvgIpc) is 2.97. The smallest absolute Gasteiger partial charge is 0.257 e. The molecule has 0 amide bonds. The maximum absolute atomic E-state index is 15.3. The molecular weight excluding hydrogens is 556 g/mol. The lowest BCUT2D eigenvalue weighted by Gasteiger charge is -2.20. The van der Waals surface area contributed by atoms with Crippen LogP contribution in [-0.2, 0) is 6.42 Å². The second-order valence-corrected chi connectivity index (χ2v) is 10.2. The normalized spacial score (nSPS) is 11.2. The van der Waals surface area contributed by atoms with Crippen LogP contribution in [0.3, 0.4) is 0 Å². The first-order valence-corrected chi connectivity index (χ1v) is 13.5. The summed E-state index contributed by atoms with van der Waals surface area (Å²) in [5.74, 6) is -0.933. The number of fused-ring (bicyclic) bond motifs is 1. The summed E-state index contributed by atoms with van der Waals surface area (Å²) in [6.45, 7) is 5.60. The van der Waals surface area contributed by atoms with Crippen molar-refractivity contribution in [2.75, 3.05) is 14.2 Å². The van der Waals surface area contributed by atoms with Crippen molar-refractivity contribution in [2.24, 2.45) is 0 Å². The molecule has 0 aliphatic heterocycles. The van der Waals surface area contributed by atoms with E-state index in [1.54, 1.807) is 31.2 Å². The van der Waals surface area contributed by atoms with Gasteiger partial charge in [0.15, 0.2) is 34.3 Å². The van der Waals surface area contributed by atoms with E-state index in [9.17, 15) is 14.0 Å². The number of pyridine rings is 3. The Kier molecular flexibility index (Phi) is 8.20. The van der Waals surface area contributed by atoms with Crippen LogP contribution in [0.5, 0.6) is 23.1 Å². The average molecular weight is 586 g/mol. The van der Waals surface area contributed by atoms with Gasteiger partial charge in [-0.2, -0.15) is 0 Å². The summed E-state index contributed by atoms with van der Waals surface area (Å²) in [5, 5.41) is 0. The van der Waals surface area contributed by atoms with Crippen molar-refractivity contribution in [2.45, 2.75) is 33.2 Å². The SMILES string of the molecule is COc1cc2nccc(Oc3ccc(CC(=O)c4cn(C(C)C)c(C)c(-c5cccc(F)c5)c4=O)cc3F)c2nc1OC. The predicted octanol–water partition coefficient (Wildman–Crippen LogP) is 6.86. The van der Waals surface area contributed by atoms with Crippen molar-refractivity contribution in [3.05, 3.63) is 106 Å². The monoisotopic (exact) mass is 585 g/mol. The van der Waals surface area contributed by atoms with Crippen molar-refractivity contribution < 1.29 is 27.8 Å². The first-order chi connectivity index (χ1) is 20.6. The van der Waals surface area contributed by atoms with E-state index in [4.69, 9.17) is 14.2 Å². The number of nitrogens with zero attached hydrogens (tertiary/aromatic N) is 3. The summed E-state index contributed by atoms with van der Waals surface area (Å²) in [5.41, 5.74) is 1.84. The van der Waals surface area contributed by atoms with Gasteiger partial charge >= 0.3 is 0 Å². The van der Waals surface area contributed by atoms with E-state index in [1.165, 1.54) is 56.9 Å². The van der Waals surface area contributed by atoms with Crippen LogP contribution in [0, 0.1) is 18.6 Å². The van der Waals surface area contributed by atoms with Crippen molar-refractivity contribution in [1.82, 2.24) is 14.5 Å². The van der Waals surface area contributed by atoms with E-state index in [1.807, 2.05) is 18.4 Å². The van der Waals surface area contributed by atoms with Gasteiger partial charge in [-0.15, -0.1) is 0 Å². The fourth-order valence-corrected chi connectivity index (χ4v) is 4.96. The number of methoxy groups -OCH3 is 2. The number of ketones is 1. The Bertz CT molecular complexity index is 1920. The van der Waals surface area contributed by atoms with E-state index in [-0.39, 0.29) is 41.0 Å². The molecule has 3 aromatic heterocycles. The van der Waals surface area contributed by atoms with E-state index >= 15 is 4.39 Å². The number of benzene rings is 2. The molecule has 0 bridgehead atoms. The van der Waals surface area contributed by atoms with E-state index in [2.05, 4.69) is 9.97 Å². The van der Waals surface area contributed by atoms with Crippen LogP contribution >= 0.6 is 0 Å². The number of carbonyl (C=O) groups excluding carboxylic acids is 1.